The van der Waals surface area contributed by atoms with E-state index in [0.717, 1.165) is 12.8 Å². The van der Waals surface area contributed by atoms with Crippen LogP contribution in [0.3, 0.4) is 0 Å². The fourth-order valence-electron chi connectivity index (χ4n) is 3.74. The highest BCUT2D eigenvalue weighted by molar-refractivity contribution is 5.95. The van der Waals surface area contributed by atoms with E-state index in [1.165, 1.54) is 6.07 Å². The normalized spacial score (nSPS) is 27.3. The van der Waals surface area contributed by atoms with Crippen LogP contribution in [0.4, 0.5) is 0 Å². The first-order chi connectivity index (χ1) is 11.0. The molecule has 1 amide bonds. The summed E-state index contributed by atoms with van der Waals surface area (Å²) < 4.78 is 5.78. The minimum Gasteiger partial charge on any atom is -0.396 e. The minimum absolute atomic E-state index is 0.00936. The minimum atomic E-state index is -0.189. The van der Waals surface area contributed by atoms with Gasteiger partial charge in [-0.1, -0.05) is 13.8 Å². The summed E-state index contributed by atoms with van der Waals surface area (Å²) in [6, 6.07) is 3.04. The first-order valence-electron chi connectivity index (χ1n) is 8.28. The van der Waals surface area contributed by atoms with E-state index in [0.29, 0.717) is 24.4 Å². The standard InChI is InChI=1S/C17H24N2O4/c1-10(2)16-12(3-4-15(21)18-16)17(22)19-5-6-23-14-8-11(9-20)7-13(14)19/h3-4,10-11,13-14,20H,5-9H2,1-2H3,(H,18,21)/t11-,13+,14?/m1/s1. The predicted octanol–water partition coefficient (Wildman–Crippen LogP) is 1.11. The van der Waals surface area contributed by atoms with Gasteiger partial charge in [-0.3, -0.25) is 9.59 Å². The van der Waals surface area contributed by atoms with Crippen LogP contribution in [0.15, 0.2) is 16.9 Å². The first kappa shape index (κ1) is 16.2. The van der Waals surface area contributed by atoms with Gasteiger partial charge in [-0.05, 0) is 30.7 Å². The van der Waals surface area contributed by atoms with Crippen LogP contribution in [0.25, 0.3) is 0 Å². The van der Waals surface area contributed by atoms with Crippen LogP contribution in [-0.2, 0) is 4.74 Å². The second-order valence-electron chi connectivity index (χ2n) is 6.80. The van der Waals surface area contributed by atoms with E-state index in [9.17, 15) is 14.7 Å². The van der Waals surface area contributed by atoms with E-state index in [1.807, 2.05) is 18.7 Å². The molecular formula is C17H24N2O4. The fraction of sp³-hybridized carbons (Fsp3) is 0.647. The summed E-state index contributed by atoms with van der Waals surface area (Å²) in [5.74, 6) is 0.203. The third-order valence-electron chi connectivity index (χ3n) is 4.91. The van der Waals surface area contributed by atoms with Crippen molar-refractivity contribution in [3.63, 3.8) is 0 Å². The number of aromatic amines is 1. The number of hydrogen-bond acceptors (Lipinski definition) is 4. The van der Waals surface area contributed by atoms with Crippen molar-refractivity contribution in [2.24, 2.45) is 5.92 Å². The molecule has 1 saturated heterocycles. The number of H-pyrrole nitrogens is 1. The van der Waals surface area contributed by atoms with Crippen molar-refractivity contribution < 1.29 is 14.6 Å². The average molecular weight is 320 g/mol. The van der Waals surface area contributed by atoms with Gasteiger partial charge in [-0.25, -0.2) is 0 Å². The van der Waals surface area contributed by atoms with Gasteiger partial charge in [0.05, 0.1) is 24.3 Å². The third kappa shape index (κ3) is 3.05. The number of hydrogen-bond donors (Lipinski definition) is 2. The number of nitrogens with one attached hydrogen (secondary N) is 1. The Kier molecular flexibility index (Phi) is 4.55. The maximum absolute atomic E-state index is 13.1. The maximum Gasteiger partial charge on any atom is 0.256 e. The Morgan fingerprint density at radius 1 is 1.43 bits per heavy atom. The molecule has 6 nitrogen and oxygen atoms in total. The molecule has 1 aromatic rings. The molecule has 0 spiro atoms. The maximum atomic E-state index is 13.1. The van der Waals surface area contributed by atoms with Gasteiger partial charge >= 0.3 is 0 Å². The molecule has 1 aliphatic carbocycles. The van der Waals surface area contributed by atoms with Crippen molar-refractivity contribution in [2.75, 3.05) is 19.8 Å². The number of fused-ring (bicyclic) bond motifs is 1. The highest BCUT2D eigenvalue weighted by atomic mass is 16.5. The highest BCUT2D eigenvalue weighted by Crippen LogP contribution is 2.35. The van der Waals surface area contributed by atoms with Crippen molar-refractivity contribution in [1.82, 2.24) is 9.88 Å². The zero-order valence-electron chi connectivity index (χ0n) is 13.6. The topological polar surface area (TPSA) is 82.6 Å². The Bertz CT molecular complexity index is 640. The Morgan fingerprint density at radius 2 is 2.22 bits per heavy atom. The highest BCUT2D eigenvalue weighted by Gasteiger charge is 2.43. The predicted molar refractivity (Wildman–Crippen MR) is 85.5 cm³/mol. The number of carbonyl (C=O) groups is 1. The van der Waals surface area contributed by atoms with Crippen LogP contribution in [0, 0.1) is 5.92 Å². The van der Waals surface area contributed by atoms with Crippen LogP contribution >= 0.6 is 0 Å². The van der Waals surface area contributed by atoms with Crippen LogP contribution in [0.5, 0.6) is 0 Å². The lowest BCUT2D eigenvalue weighted by molar-refractivity contribution is -0.0449. The van der Waals surface area contributed by atoms with Crippen molar-refractivity contribution >= 4 is 5.91 Å². The van der Waals surface area contributed by atoms with E-state index in [2.05, 4.69) is 4.98 Å². The number of morpholine rings is 1. The molecular weight excluding hydrogens is 296 g/mol. The molecule has 0 radical (unpaired) electrons. The SMILES string of the molecule is CC(C)c1[nH]c(=O)ccc1C(=O)N1CCOC2C[C@H](CO)C[C@@H]21. The number of aliphatic hydroxyl groups is 1. The Balaban J connectivity index is 1.89. The van der Waals surface area contributed by atoms with Crippen LogP contribution in [0.2, 0.25) is 0 Å². The van der Waals surface area contributed by atoms with E-state index in [-0.39, 0.29) is 42.1 Å². The summed E-state index contributed by atoms with van der Waals surface area (Å²) in [5.41, 5.74) is 1.06. The van der Waals surface area contributed by atoms with E-state index in [4.69, 9.17) is 4.74 Å². The molecule has 1 unspecified atom stereocenters. The molecule has 1 saturated carbocycles. The van der Waals surface area contributed by atoms with Crippen molar-refractivity contribution in [3.05, 3.63) is 33.7 Å². The number of amides is 1. The zero-order chi connectivity index (χ0) is 16.6. The Hall–Kier alpha value is -1.66. The number of rotatable bonds is 3. The van der Waals surface area contributed by atoms with E-state index >= 15 is 0 Å². The summed E-state index contributed by atoms with van der Waals surface area (Å²) in [5, 5.41) is 9.40. The summed E-state index contributed by atoms with van der Waals surface area (Å²) in [7, 11) is 0. The molecule has 2 heterocycles. The van der Waals surface area contributed by atoms with E-state index < -0.39 is 0 Å². The molecule has 3 atom stereocenters. The van der Waals surface area contributed by atoms with Gasteiger partial charge in [0.25, 0.3) is 5.91 Å². The summed E-state index contributed by atoms with van der Waals surface area (Å²) in [6.07, 6.45) is 1.58. The molecule has 1 aromatic heterocycles. The van der Waals surface area contributed by atoms with Gasteiger partial charge in [-0.2, -0.15) is 0 Å². The Labute approximate surface area is 135 Å². The third-order valence-corrected chi connectivity index (χ3v) is 4.91. The molecule has 0 bridgehead atoms. The summed E-state index contributed by atoms with van der Waals surface area (Å²) in [4.78, 5) is 29.3. The molecule has 126 valence electrons. The van der Waals surface area contributed by atoms with Gasteiger partial charge in [0.2, 0.25) is 5.56 Å². The lowest BCUT2D eigenvalue weighted by atomic mass is 10.0. The van der Waals surface area contributed by atoms with Crippen LogP contribution in [-0.4, -0.2) is 52.8 Å². The van der Waals surface area contributed by atoms with Gasteiger partial charge in [0.1, 0.15) is 0 Å². The summed E-state index contributed by atoms with van der Waals surface area (Å²) in [6.45, 7) is 5.12. The molecule has 6 heteroatoms. The zero-order valence-corrected chi connectivity index (χ0v) is 13.6. The molecule has 2 N–H and O–H groups in total. The largest absolute Gasteiger partial charge is 0.396 e. The van der Waals surface area contributed by atoms with Gasteiger partial charge in [0.15, 0.2) is 0 Å². The number of ether oxygens (including phenoxy) is 1. The van der Waals surface area contributed by atoms with Crippen molar-refractivity contribution in [1.29, 1.82) is 0 Å². The van der Waals surface area contributed by atoms with Gasteiger partial charge in [0, 0.05) is 24.9 Å². The van der Waals surface area contributed by atoms with Crippen molar-refractivity contribution in [3.8, 4) is 0 Å². The smallest absolute Gasteiger partial charge is 0.256 e. The quantitative estimate of drug-likeness (QED) is 0.874. The van der Waals surface area contributed by atoms with Crippen molar-refractivity contribution in [2.45, 2.75) is 44.8 Å². The molecule has 3 rings (SSSR count). The second-order valence-corrected chi connectivity index (χ2v) is 6.80. The number of pyridine rings is 1. The molecule has 23 heavy (non-hydrogen) atoms. The average Bonchev–Trinajstić information content (AvgIpc) is 2.97. The molecule has 2 fully saturated rings. The van der Waals surface area contributed by atoms with Gasteiger partial charge in [-0.15, -0.1) is 0 Å². The number of nitrogens with zero attached hydrogens (tertiary/aromatic N) is 1. The Morgan fingerprint density at radius 3 is 2.91 bits per heavy atom. The number of aliphatic hydroxyl groups excluding tert-OH is 1. The first-order valence-corrected chi connectivity index (χ1v) is 8.28. The number of aromatic nitrogens is 1. The molecule has 1 aliphatic heterocycles. The lowest BCUT2D eigenvalue weighted by Crippen LogP contribution is -2.51. The van der Waals surface area contributed by atoms with Gasteiger partial charge < -0.3 is 19.7 Å². The fourth-order valence-corrected chi connectivity index (χ4v) is 3.74. The van der Waals surface area contributed by atoms with Crippen LogP contribution in [0.1, 0.15) is 48.7 Å². The van der Waals surface area contributed by atoms with Crippen LogP contribution < -0.4 is 5.56 Å². The monoisotopic (exact) mass is 320 g/mol. The van der Waals surface area contributed by atoms with E-state index in [1.54, 1.807) is 6.07 Å². The second kappa shape index (κ2) is 6.45. The number of carbonyl (C=O) groups excluding carboxylic acids is 1. The molecule has 0 aromatic carbocycles. The lowest BCUT2D eigenvalue weighted by Gasteiger charge is -2.38. The molecule has 2 aliphatic rings. The summed E-state index contributed by atoms with van der Waals surface area (Å²) >= 11 is 0.